The highest BCUT2D eigenvalue weighted by Crippen LogP contribution is 2.14. The Kier molecular flexibility index (Phi) is 41.0. The van der Waals surface area contributed by atoms with E-state index in [1.54, 1.807) is 0 Å². The summed E-state index contributed by atoms with van der Waals surface area (Å²) in [7, 11) is 0. The molecule has 1 atom stereocenters. The van der Waals surface area contributed by atoms with Gasteiger partial charge in [0.05, 0.1) is 0 Å². The maximum absolute atomic E-state index is 12.6. The molecule has 6 nitrogen and oxygen atoms in total. The van der Waals surface area contributed by atoms with Gasteiger partial charge in [0.25, 0.3) is 0 Å². The van der Waals surface area contributed by atoms with Gasteiger partial charge in [-0.2, -0.15) is 0 Å². The molecule has 0 saturated carbocycles. The summed E-state index contributed by atoms with van der Waals surface area (Å²) in [4.78, 5) is 37.4. The molecular formula is C48H84O6. The number of esters is 3. The lowest BCUT2D eigenvalue weighted by atomic mass is 10.1. The van der Waals surface area contributed by atoms with Crippen LogP contribution in [-0.4, -0.2) is 37.2 Å². The van der Waals surface area contributed by atoms with Crippen molar-refractivity contribution in [2.75, 3.05) is 13.2 Å². The van der Waals surface area contributed by atoms with Crippen LogP contribution in [-0.2, 0) is 28.6 Å². The van der Waals surface area contributed by atoms with Gasteiger partial charge >= 0.3 is 17.9 Å². The molecule has 0 aliphatic rings. The van der Waals surface area contributed by atoms with Crippen LogP contribution in [0.4, 0.5) is 0 Å². The minimum absolute atomic E-state index is 0.0745. The summed E-state index contributed by atoms with van der Waals surface area (Å²) in [6, 6.07) is 0. The second-order valence-corrected chi connectivity index (χ2v) is 14.9. The molecule has 0 spiro atoms. The fraction of sp³-hybridized carbons (Fsp3) is 0.771. The fourth-order valence-electron chi connectivity index (χ4n) is 6.20. The van der Waals surface area contributed by atoms with Gasteiger partial charge in [0.1, 0.15) is 13.2 Å². The third-order valence-electron chi connectivity index (χ3n) is 9.60. The van der Waals surface area contributed by atoms with Crippen LogP contribution in [0.15, 0.2) is 48.6 Å². The molecule has 0 aliphatic carbocycles. The van der Waals surface area contributed by atoms with E-state index in [-0.39, 0.29) is 31.1 Å². The average molecular weight is 757 g/mol. The largest absolute Gasteiger partial charge is 0.462 e. The molecule has 0 radical (unpaired) electrons. The maximum Gasteiger partial charge on any atom is 0.306 e. The fourth-order valence-corrected chi connectivity index (χ4v) is 6.20. The molecular weight excluding hydrogens is 673 g/mol. The number of unbranched alkanes of at least 4 members (excludes halogenated alkanes) is 21. The molecule has 0 aliphatic heterocycles. The first-order chi connectivity index (χ1) is 26.5. The monoisotopic (exact) mass is 757 g/mol. The molecule has 0 aromatic rings. The minimum atomic E-state index is -0.767. The first-order valence-electron chi connectivity index (χ1n) is 22.6. The van der Waals surface area contributed by atoms with Crippen molar-refractivity contribution < 1.29 is 28.6 Å². The lowest BCUT2D eigenvalue weighted by molar-refractivity contribution is -0.167. The predicted molar refractivity (Wildman–Crippen MR) is 229 cm³/mol. The van der Waals surface area contributed by atoms with Crippen molar-refractivity contribution in [3.63, 3.8) is 0 Å². The second kappa shape index (κ2) is 43.1. The van der Waals surface area contributed by atoms with E-state index in [0.29, 0.717) is 19.3 Å². The average Bonchev–Trinajstić information content (AvgIpc) is 3.17. The van der Waals surface area contributed by atoms with E-state index < -0.39 is 6.10 Å². The molecule has 0 saturated heterocycles. The van der Waals surface area contributed by atoms with Gasteiger partial charge < -0.3 is 14.2 Å². The zero-order valence-corrected chi connectivity index (χ0v) is 35.5. The highest BCUT2D eigenvalue weighted by Gasteiger charge is 2.19. The lowest BCUT2D eigenvalue weighted by Crippen LogP contribution is -2.30. The third-order valence-corrected chi connectivity index (χ3v) is 9.60. The van der Waals surface area contributed by atoms with E-state index in [1.165, 1.54) is 89.9 Å². The summed E-state index contributed by atoms with van der Waals surface area (Å²) in [6.07, 6.45) is 49.8. The van der Waals surface area contributed by atoms with Crippen molar-refractivity contribution in [3.05, 3.63) is 48.6 Å². The topological polar surface area (TPSA) is 78.9 Å². The van der Waals surface area contributed by atoms with Crippen molar-refractivity contribution >= 4 is 17.9 Å². The van der Waals surface area contributed by atoms with Crippen molar-refractivity contribution in [3.8, 4) is 0 Å². The van der Waals surface area contributed by atoms with Crippen LogP contribution in [0.3, 0.4) is 0 Å². The van der Waals surface area contributed by atoms with Crippen LogP contribution in [0.25, 0.3) is 0 Å². The predicted octanol–water partition coefficient (Wildman–Crippen LogP) is 14.4. The van der Waals surface area contributed by atoms with Crippen LogP contribution >= 0.6 is 0 Å². The molecule has 54 heavy (non-hydrogen) atoms. The zero-order chi connectivity index (χ0) is 39.4. The summed E-state index contributed by atoms with van der Waals surface area (Å²) >= 11 is 0. The van der Waals surface area contributed by atoms with E-state index in [0.717, 1.165) is 89.9 Å². The summed E-state index contributed by atoms with van der Waals surface area (Å²) < 4.78 is 16.6. The van der Waals surface area contributed by atoms with E-state index in [9.17, 15) is 14.4 Å². The molecule has 0 amide bonds. The molecule has 0 N–H and O–H groups in total. The Balaban J connectivity index is 4.17. The highest BCUT2D eigenvalue weighted by molar-refractivity contribution is 5.71. The third kappa shape index (κ3) is 40.6. The van der Waals surface area contributed by atoms with Gasteiger partial charge in [-0.3, -0.25) is 14.4 Å². The van der Waals surface area contributed by atoms with Crippen molar-refractivity contribution in [1.82, 2.24) is 0 Å². The zero-order valence-electron chi connectivity index (χ0n) is 35.5. The van der Waals surface area contributed by atoms with Gasteiger partial charge in [-0.25, -0.2) is 0 Å². The first-order valence-corrected chi connectivity index (χ1v) is 22.6. The smallest absolute Gasteiger partial charge is 0.306 e. The van der Waals surface area contributed by atoms with Gasteiger partial charge in [0.2, 0.25) is 0 Å². The molecule has 0 fully saturated rings. The Morgan fingerprint density at radius 1 is 0.389 bits per heavy atom. The Morgan fingerprint density at radius 3 is 1.13 bits per heavy atom. The van der Waals surface area contributed by atoms with Crippen molar-refractivity contribution in [2.24, 2.45) is 0 Å². The number of hydrogen-bond acceptors (Lipinski definition) is 6. The number of rotatable bonds is 40. The summed E-state index contributed by atoms with van der Waals surface area (Å²) in [5.41, 5.74) is 0. The molecule has 0 heterocycles. The molecule has 6 heteroatoms. The molecule has 0 aromatic heterocycles. The Morgan fingerprint density at radius 2 is 0.722 bits per heavy atom. The number of carbonyl (C=O) groups excluding carboxylic acids is 3. The highest BCUT2D eigenvalue weighted by atomic mass is 16.6. The SMILES string of the molecule is CC/C=C\C/C=C\C/C=C\C/C=C\CCCCCCCCCCC(=O)OCC(COC(=O)CCCCCCCC)OC(=O)CCCCCCCCCCC. The molecule has 0 bridgehead atoms. The molecule has 0 aromatic carbocycles. The van der Waals surface area contributed by atoms with Crippen LogP contribution in [0.2, 0.25) is 0 Å². The van der Waals surface area contributed by atoms with Crippen LogP contribution < -0.4 is 0 Å². The summed E-state index contributed by atoms with van der Waals surface area (Å²) in [5, 5.41) is 0. The molecule has 1 unspecified atom stereocenters. The van der Waals surface area contributed by atoms with Crippen LogP contribution in [0, 0.1) is 0 Å². The maximum atomic E-state index is 12.6. The summed E-state index contributed by atoms with van der Waals surface area (Å²) in [5.74, 6) is -0.896. The van der Waals surface area contributed by atoms with E-state index >= 15 is 0 Å². The van der Waals surface area contributed by atoms with Crippen molar-refractivity contribution in [2.45, 2.75) is 226 Å². The number of carbonyl (C=O) groups is 3. The van der Waals surface area contributed by atoms with Gasteiger partial charge in [-0.15, -0.1) is 0 Å². The first kappa shape index (κ1) is 51.4. The number of allylic oxidation sites excluding steroid dienone is 8. The summed E-state index contributed by atoms with van der Waals surface area (Å²) in [6.45, 7) is 6.43. The number of ether oxygens (including phenoxy) is 3. The van der Waals surface area contributed by atoms with Gasteiger partial charge in [0, 0.05) is 19.3 Å². The van der Waals surface area contributed by atoms with Gasteiger partial charge in [0.15, 0.2) is 6.10 Å². The van der Waals surface area contributed by atoms with E-state index in [4.69, 9.17) is 14.2 Å². The molecule has 312 valence electrons. The second-order valence-electron chi connectivity index (χ2n) is 14.9. The van der Waals surface area contributed by atoms with Crippen LogP contribution in [0.5, 0.6) is 0 Å². The minimum Gasteiger partial charge on any atom is -0.462 e. The Labute approximate surface area is 333 Å². The van der Waals surface area contributed by atoms with Gasteiger partial charge in [-0.05, 0) is 57.8 Å². The van der Waals surface area contributed by atoms with Gasteiger partial charge in [-0.1, -0.05) is 191 Å². The van der Waals surface area contributed by atoms with Crippen molar-refractivity contribution in [1.29, 1.82) is 0 Å². The Bertz CT molecular complexity index is 964. The van der Waals surface area contributed by atoms with E-state index in [2.05, 4.69) is 69.4 Å². The van der Waals surface area contributed by atoms with E-state index in [1.807, 2.05) is 0 Å². The van der Waals surface area contributed by atoms with Crippen LogP contribution in [0.1, 0.15) is 220 Å². The lowest BCUT2D eigenvalue weighted by Gasteiger charge is -2.18. The molecule has 0 rings (SSSR count). The standard InChI is InChI=1S/C48H84O6/c1-4-7-10-13-16-18-19-20-21-22-23-24-25-26-27-28-29-31-32-35-38-41-47(50)53-44-45(43-52-46(49)40-37-34-15-12-9-6-3)54-48(51)42-39-36-33-30-17-14-11-8-5-2/h7,10,16,18,20-21,23-24,45H,4-6,8-9,11-15,17,19,22,25-44H2,1-3H3/b10-7-,18-16-,21-20-,24-23-. The number of hydrogen-bond donors (Lipinski definition) is 0. The Hall–Kier alpha value is -2.63. The quantitative estimate of drug-likeness (QED) is 0.0268. The normalized spacial score (nSPS) is 12.4.